The van der Waals surface area contributed by atoms with Gasteiger partial charge in [0.1, 0.15) is 5.75 Å². The molecule has 0 amide bonds. The summed E-state index contributed by atoms with van der Waals surface area (Å²) in [5.74, 6) is 0.512. The highest BCUT2D eigenvalue weighted by Gasteiger charge is 2.30. The quantitative estimate of drug-likeness (QED) is 0.827. The summed E-state index contributed by atoms with van der Waals surface area (Å²) in [5, 5.41) is 14.6. The molecule has 0 unspecified atom stereocenters. The molecule has 1 saturated heterocycles. The van der Waals surface area contributed by atoms with Crippen molar-refractivity contribution < 1.29 is 5.11 Å². The fourth-order valence-electron chi connectivity index (χ4n) is 3.72. The zero-order valence-electron chi connectivity index (χ0n) is 17.4. The Morgan fingerprint density at radius 2 is 1.64 bits per heavy atom. The van der Waals surface area contributed by atoms with Crippen LogP contribution in [0.15, 0.2) is 12.1 Å². The van der Waals surface area contributed by atoms with Crippen molar-refractivity contribution in [3.63, 3.8) is 0 Å². The van der Waals surface area contributed by atoms with Gasteiger partial charge in [-0.25, -0.2) is 0 Å². The van der Waals surface area contributed by atoms with Crippen LogP contribution in [0.2, 0.25) is 0 Å². The lowest BCUT2D eigenvalue weighted by atomic mass is 9.77. The van der Waals surface area contributed by atoms with Crippen LogP contribution >= 0.6 is 0 Å². The molecule has 25 heavy (non-hydrogen) atoms. The van der Waals surface area contributed by atoms with E-state index in [1.54, 1.807) is 0 Å². The Hall–Kier alpha value is -1.06. The molecule has 1 heterocycles. The molecule has 0 aromatic heterocycles. The summed E-state index contributed by atoms with van der Waals surface area (Å²) in [7, 11) is 0. The number of hydrogen-bond acceptors (Lipinski definition) is 3. The van der Waals surface area contributed by atoms with Gasteiger partial charge in [-0.2, -0.15) is 0 Å². The standard InChI is InChI=1S/C22H38N2O/c1-8-9-19(24-12-10-23-11-13-24)17-14-16(21(2,3)4)15-18(20(17)25)22(5,6)7/h14-15,19,23,25H,8-13H2,1-7H3/t19-/m1/s1. The average molecular weight is 347 g/mol. The summed E-state index contributed by atoms with van der Waals surface area (Å²) in [6.45, 7) is 19.8. The molecule has 0 radical (unpaired) electrons. The molecule has 142 valence electrons. The topological polar surface area (TPSA) is 35.5 Å². The van der Waals surface area contributed by atoms with E-state index < -0.39 is 0 Å². The largest absolute Gasteiger partial charge is 0.507 e. The van der Waals surface area contributed by atoms with Crippen molar-refractivity contribution in [2.75, 3.05) is 26.2 Å². The van der Waals surface area contributed by atoms with Crippen molar-refractivity contribution in [3.05, 3.63) is 28.8 Å². The van der Waals surface area contributed by atoms with Crippen molar-refractivity contribution in [2.24, 2.45) is 0 Å². The van der Waals surface area contributed by atoms with E-state index in [-0.39, 0.29) is 10.8 Å². The van der Waals surface area contributed by atoms with Crippen LogP contribution in [0.1, 0.15) is 84.0 Å². The molecule has 2 rings (SSSR count). The maximum atomic E-state index is 11.2. The summed E-state index contributed by atoms with van der Waals surface area (Å²) >= 11 is 0. The van der Waals surface area contributed by atoms with Gasteiger partial charge >= 0.3 is 0 Å². The number of benzene rings is 1. The van der Waals surface area contributed by atoms with Gasteiger partial charge in [-0.1, -0.05) is 61.0 Å². The summed E-state index contributed by atoms with van der Waals surface area (Å²) in [5.41, 5.74) is 3.52. The Morgan fingerprint density at radius 3 is 2.12 bits per heavy atom. The zero-order chi connectivity index (χ0) is 18.8. The van der Waals surface area contributed by atoms with Crippen LogP contribution in [0.25, 0.3) is 0 Å². The summed E-state index contributed by atoms with van der Waals surface area (Å²) in [4.78, 5) is 2.55. The summed E-state index contributed by atoms with van der Waals surface area (Å²) < 4.78 is 0. The maximum Gasteiger partial charge on any atom is 0.124 e. The Bertz CT molecular complexity index is 575. The van der Waals surface area contributed by atoms with Crippen molar-refractivity contribution in [1.82, 2.24) is 10.2 Å². The molecule has 0 spiro atoms. The smallest absolute Gasteiger partial charge is 0.124 e. The van der Waals surface area contributed by atoms with Gasteiger partial charge in [0.25, 0.3) is 0 Å². The Balaban J connectivity index is 2.59. The number of hydrogen-bond donors (Lipinski definition) is 2. The lowest BCUT2D eigenvalue weighted by Crippen LogP contribution is -2.45. The number of aromatic hydroxyl groups is 1. The van der Waals surface area contributed by atoms with Crippen LogP contribution in [-0.4, -0.2) is 36.2 Å². The van der Waals surface area contributed by atoms with Crippen LogP contribution in [0, 0.1) is 0 Å². The van der Waals surface area contributed by atoms with E-state index in [9.17, 15) is 5.11 Å². The first-order valence-electron chi connectivity index (χ1n) is 9.88. The molecule has 1 fully saturated rings. The van der Waals surface area contributed by atoms with Crippen LogP contribution in [0.4, 0.5) is 0 Å². The van der Waals surface area contributed by atoms with Gasteiger partial charge in [0.15, 0.2) is 0 Å². The second kappa shape index (κ2) is 7.67. The number of phenolic OH excluding ortho intramolecular Hbond substituents is 1. The van der Waals surface area contributed by atoms with Crippen molar-refractivity contribution in [2.45, 2.75) is 78.2 Å². The SMILES string of the molecule is CCC[C@H](c1cc(C(C)(C)C)cc(C(C)(C)C)c1O)N1CCNCC1. The molecule has 1 atom stereocenters. The number of piperazine rings is 1. The van der Waals surface area contributed by atoms with Crippen LogP contribution < -0.4 is 5.32 Å². The Morgan fingerprint density at radius 1 is 1.04 bits per heavy atom. The third-order valence-electron chi connectivity index (χ3n) is 5.33. The lowest BCUT2D eigenvalue weighted by molar-refractivity contribution is 0.161. The molecule has 3 heteroatoms. The van der Waals surface area contributed by atoms with Crippen molar-refractivity contribution >= 4 is 0 Å². The molecule has 0 aliphatic carbocycles. The number of phenols is 1. The minimum Gasteiger partial charge on any atom is -0.507 e. The molecule has 1 aromatic rings. The third kappa shape index (κ3) is 4.77. The molecular weight excluding hydrogens is 308 g/mol. The highest BCUT2D eigenvalue weighted by atomic mass is 16.3. The van der Waals surface area contributed by atoms with E-state index in [2.05, 4.69) is 70.8 Å². The van der Waals surface area contributed by atoms with Gasteiger partial charge in [-0.3, -0.25) is 4.90 Å². The molecule has 2 N–H and O–H groups in total. The van der Waals surface area contributed by atoms with Crippen LogP contribution in [-0.2, 0) is 10.8 Å². The molecule has 1 aromatic carbocycles. The molecule has 0 saturated carbocycles. The first kappa shape index (κ1) is 20.3. The average Bonchev–Trinajstić information content (AvgIpc) is 2.52. The van der Waals surface area contributed by atoms with E-state index in [0.717, 1.165) is 50.1 Å². The monoisotopic (exact) mass is 346 g/mol. The number of rotatable bonds is 4. The van der Waals surface area contributed by atoms with Crippen molar-refractivity contribution in [1.29, 1.82) is 0 Å². The zero-order valence-corrected chi connectivity index (χ0v) is 17.4. The number of nitrogens with zero attached hydrogens (tertiary/aromatic N) is 1. The highest BCUT2D eigenvalue weighted by molar-refractivity contribution is 5.50. The summed E-state index contributed by atoms with van der Waals surface area (Å²) in [6.07, 6.45) is 2.21. The fourth-order valence-corrected chi connectivity index (χ4v) is 3.72. The fraction of sp³-hybridized carbons (Fsp3) is 0.727. The van der Waals surface area contributed by atoms with E-state index in [1.165, 1.54) is 5.56 Å². The van der Waals surface area contributed by atoms with E-state index in [4.69, 9.17) is 0 Å². The Kier molecular flexibility index (Phi) is 6.22. The molecular formula is C22H38N2O. The minimum absolute atomic E-state index is 0.0691. The first-order chi connectivity index (χ1) is 11.6. The maximum absolute atomic E-state index is 11.2. The van der Waals surface area contributed by atoms with E-state index >= 15 is 0 Å². The van der Waals surface area contributed by atoms with Gasteiger partial charge in [-0.15, -0.1) is 0 Å². The minimum atomic E-state index is -0.0691. The first-order valence-corrected chi connectivity index (χ1v) is 9.88. The highest BCUT2D eigenvalue weighted by Crippen LogP contribution is 2.42. The molecule has 1 aliphatic heterocycles. The normalized spacial score (nSPS) is 18.4. The Labute approximate surface area is 154 Å². The second-order valence-electron chi connectivity index (χ2n) is 9.55. The second-order valence-corrected chi connectivity index (χ2v) is 9.55. The predicted octanol–water partition coefficient (Wildman–Crippen LogP) is 4.73. The van der Waals surface area contributed by atoms with Crippen LogP contribution in [0.3, 0.4) is 0 Å². The van der Waals surface area contributed by atoms with E-state index in [1.807, 2.05) is 0 Å². The van der Waals surface area contributed by atoms with Gasteiger partial charge in [0, 0.05) is 37.8 Å². The number of nitrogens with one attached hydrogen (secondary N) is 1. The van der Waals surface area contributed by atoms with Gasteiger partial charge < -0.3 is 10.4 Å². The lowest BCUT2D eigenvalue weighted by Gasteiger charge is -2.37. The molecule has 1 aliphatic rings. The summed E-state index contributed by atoms with van der Waals surface area (Å²) in [6, 6.07) is 4.79. The third-order valence-corrected chi connectivity index (χ3v) is 5.33. The van der Waals surface area contributed by atoms with Crippen LogP contribution in [0.5, 0.6) is 5.75 Å². The van der Waals surface area contributed by atoms with Gasteiger partial charge in [0.05, 0.1) is 0 Å². The van der Waals surface area contributed by atoms with E-state index in [0.29, 0.717) is 11.8 Å². The predicted molar refractivity (Wildman–Crippen MR) is 108 cm³/mol. The molecule has 0 bridgehead atoms. The van der Waals surface area contributed by atoms with Crippen molar-refractivity contribution in [3.8, 4) is 5.75 Å². The molecule has 3 nitrogen and oxygen atoms in total. The van der Waals surface area contributed by atoms with Gasteiger partial charge in [-0.05, 0) is 34.4 Å². The van der Waals surface area contributed by atoms with Gasteiger partial charge in [0.2, 0.25) is 0 Å².